The number of fused-ring (bicyclic) bond motifs is 1. The van der Waals surface area contributed by atoms with E-state index in [4.69, 9.17) is 9.47 Å². The van der Waals surface area contributed by atoms with Crippen LogP contribution in [0.2, 0.25) is 0 Å². The average Bonchev–Trinajstić information content (AvgIpc) is 2.95. The maximum atomic E-state index is 13.3. The van der Waals surface area contributed by atoms with E-state index >= 15 is 0 Å². The van der Waals surface area contributed by atoms with Crippen molar-refractivity contribution in [1.82, 2.24) is 9.80 Å². The lowest BCUT2D eigenvalue weighted by molar-refractivity contribution is 0.0295. The van der Waals surface area contributed by atoms with Crippen molar-refractivity contribution >= 4 is 15.7 Å². The van der Waals surface area contributed by atoms with E-state index in [0.717, 1.165) is 6.54 Å². The standard InChI is InChI=1S/C19H28N2O5S/c1-13(2)10-20-7-8-21(17-12-27(23,24)11-16(17)20)19(22)15-6-5-14(25-3)9-18(15)26-4/h5-6,9,13,16-17H,7-8,10-12H2,1-4H3/t16-,17+/m0/s1. The van der Waals surface area contributed by atoms with Crippen molar-refractivity contribution < 1.29 is 22.7 Å². The minimum absolute atomic E-state index is 0.0243. The van der Waals surface area contributed by atoms with Gasteiger partial charge in [0, 0.05) is 31.7 Å². The van der Waals surface area contributed by atoms with E-state index in [9.17, 15) is 13.2 Å². The first-order chi connectivity index (χ1) is 12.8. The zero-order valence-corrected chi connectivity index (χ0v) is 17.2. The second-order valence-corrected chi connectivity index (χ2v) is 9.82. The summed E-state index contributed by atoms with van der Waals surface area (Å²) in [6.45, 7) is 6.28. The topological polar surface area (TPSA) is 76.2 Å². The van der Waals surface area contributed by atoms with Crippen molar-refractivity contribution in [3.05, 3.63) is 23.8 Å². The van der Waals surface area contributed by atoms with Crippen LogP contribution in [0.3, 0.4) is 0 Å². The second kappa shape index (κ2) is 7.67. The number of carbonyl (C=O) groups excluding carboxylic acids is 1. The highest BCUT2D eigenvalue weighted by Gasteiger charge is 2.48. The molecule has 2 saturated heterocycles. The number of carbonyl (C=O) groups is 1. The molecule has 0 spiro atoms. The Labute approximate surface area is 161 Å². The number of piperazine rings is 1. The Hall–Kier alpha value is -1.80. The number of benzene rings is 1. The smallest absolute Gasteiger partial charge is 0.258 e. The van der Waals surface area contributed by atoms with Crippen LogP contribution in [0, 0.1) is 5.92 Å². The van der Waals surface area contributed by atoms with E-state index in [2.05, 4.69) is 18.7 Å². The Morgan fingerprint density at radius 2 is 1.85 bits per heavy atom. The molecule has 0 unspecified atom stereocenters. The average molecular weight is 397 g/mol. The van der Waals surface area contributed by atoms with E-state index in [-0.39, 0.29) is 29.5 Å². The van der Waals surface area contributed by atoms with Gasteiger partial charge in [0.1, 0.15) is 11.5 Å². The quantitative estimate of drug-likeness (QED) is 0.746. The third kappa shape index (κ3) is 4.06. The van der Waals surface area contributed by atoms with Crippen LogP contribution in [-0.2, 0) is 9.84 Å². The van der Waals surface area contributed by atoms with Crippen LogP contribution in [0.1, 0.15) is 24.2 Å². The highest BCUT2D eigenvalue weighted by Crippen LogP contribution is 2.31. The first-order valence-electron chi connectivity index (χ1n) is 9.23. The normalized spacial score (nSPS) is 24.7. The summed E-state index contributed by atoms with van der Waals surface area (Å²) in [6, 6.07) is 4.61. The number of ether oxygens (including phenoxy) is 2. The molecule has 2 heterocycles. The lowest BCUT2D eigenvalue weighted by Gasteiger charge is -2.44. The van der Waals surface area contributed by atoms with Gasteiger partial charge in [-0.15, -0.1) is 0 Å². The van der Waals surface area contributed by atoms with E-state index < -0.39 is 9.84 Å². The van der Waals surface area contributed by atoms with Gasteiger partial charge < -0.3 is 14.4 Å². The van der Waals surface area contributed by atoms with Gasteiger partial charge in [-0.1, -0.05) is 13.8 Å². The molecule has 1 aromatic carbocycles. The molecule has 0 saturated carbocycles. The number of methoxy groups -OCH3 is 2. The van der Waals surface area contributed by atoms with Crippen molar-refractivity contribution in [2.24, 2.45) is 5.92 Å². The Kier molecular flexibility index (Phi) is 5.67. The van der Waals surface area contributed by atoms with Gasteiger partial charge in [0.2, 0.25) is 0 Å². The number of nitrogens with zero attached hydrogens (tertiary/aromatic N) is 2. The third-order valence-corrected chi connectivity index (χ3v) is 6.99. The Bertz CT molecular complexity index is 808. The summed E-state index contributed by atoms with van der Waals surface area (Å²) in [5.74, 6) is 1.43. The molecule has 2 atom stereocenters. The lowest BCUT2D eigenvalue weighted by Crippen LogP contribution is -2.61. The maximum absolute atomic E-state index is 13.3. The van der Waals surface area contributed by atoms with Gasteiger partial charge >= 0.3 is 0 Å². The molecular weight excluding hydrogens is 368 g/mol. The zero-order valence-electron chi connectivity index (χ0n) is 16.3. The summed E-state index contributed by atoms with van der Waals surface area (Å²) < 4.78 is 35.2. The Morgan fingerprint density at radius 1 is 1.15 bits per heavy atom. The molecular formula is C19H28N2O5S. The summed E-state index contributed by atoms with van der Waals surface area (Å²) in [5.41, 5.74) is 0.429. The predicted molar refractivity (Wildman–Crippen MR) is 103 cm³/mol. The zero-order chi connectivity index (χ0) is 19.8. The monoisotopic (exact) mass is 396 g/mol. The fourth-order valence-electron chi connectivity index (χ4n) is 4.10. The minimum Gasteiger partial charge on any atom is -0.497 e. The van der Waals surface area contributed by atoms with Crippen LogP contribution < -0.4 is 9.47 Å². The van der Waals surface area contributed by atoms with Gasteiger partial charge in [-0.25, -0.2) is 8.42 Å². The van der Waals surface area contributed by atoms with Crippen molar-refractivity contribution in [2.45, 2.75) is 25.9 Å². The van der Waals surface area contributed by atoms with Crippen LogP contribution in [0.15, 0.2) is 18.2 Å². The van der Waals surface area contributed by atoms with Gasteiger partial charge in [0.25, 0.3) is 5.91 Å². The summed E-state index contributed by atoms with van der Waals surface area (Å²) in [7, 11) is -0.0967. The molecule has 2 fully saturated rings. The minimum atomic E-state index is -3.16. The van der Waals surface area contributed by atoms with Crippen molar-refractivity contribution in [3.63, 3.8) is 0 Å². The van der Waals surface area contributed by atoms with Crippen LogP contribution in [-0.4, -0.2) is 81.6 Å². The van der Waals surface area contributed by atoms with Gasteiger partial charge in [0.05, 0.1) is 37.3 Å². The van der Waals surface area contributed by atoms with Crippen molar-refractivity contribution in [1.29, 1.82) is 0 Å². The molecule has 3 rings (SSSR count). The van der Waals surface area contributed by atoms with Crippen LogP contribution in [0.4, 0.5) is 0 Å². The Balaban J connectivity index is 1.90. The molecule has 0 aromatic heterocycles. The Morgan fingerprint density at radius 3 is 2.48 bits per heavy atom. The molecule has 7 nitrogen and oxygen atoms in total. The molecule has 0 N–H and O–H groups in total. The molecule has 27 heavy (non-hydrogen) atoms. The maximum Gasteiger partial charge on any atom is 0.258 e. The van der Waals surface area contributed by atoms with Gasteiger partial charge in [-0.05, 0) is 18.1 Å². The number of rotatable bonds is 5. The molecule has 0 bridgehead atoms. The van der Waals surface area contributed by atoms with Crippen molar-refractivity contribution in [3.8, 4) is 11.5 Å². The molecule has 2 aliphatic heterocycles. The van der Waals surface area contributed by atoms with Gasteiger partial charge in [-0.2, -0.15) is 0 Å². The van der Waals surface area contributed by atoms with Crippen LogP contribution in [0.25, 0.3) is 0 Å². The van der Waals surface area contributed by atoms with Crippen LogP contribution >= 0.6 is 0 Å². The van der Waals surface area contributed by atoms with E-state index in [1.54, 1.807) is 30.2 Å². The number of hydrogen-bond acceptors (Lipinski definition) is 6. The van der Waals surface area contributed by atoms with Gasteiger partial charge in [0.15, 0.2) is 9.84 Å². The number of hydrogen-bond donors (Lipinski definition) is 0. The predicted octanol–water partition coefficient (Wildman–Crippen LogP) is 1.28. The summed E-state index contributed by atoms with van der Waals surface area (Å²) in [5, 5.41) is 0. The summed E-state index contributed by atoms with van der Waals surface area (Å²) >= 11 is 0. The highest BCUT2D eigenvalue weighted by molar-refractivity contribution is 7.91. The largest absolute Gasteiger partial charge is 0.497 e. The number of sulfone groups is 1. The third-order valence-electron chi connectivity index (χ3n) is 5.29. The second-order valence-electron chi connectivity index (χ2n) is 7.67. The molecule has 0 aliphatic carbocycles. The highest BCUT2D eigenvalue weighted by atomic mass is 32.2. The fourth-order valence-corrected chi connectivity index (χ4v) is 6.11. The molecule has 1 amide bonds. The van der Waals surface area contributed by atoms with Crippen LogP contribution in [0.5, 0.6) is 11.5 Å². The molecule has 8 heteroatoms. The van der Waals surface area contributed by atoms with E-state index in [0.29, 0.717) is 36.1 Å². The SMILES string of the molecule is COc1ccc(C(=O)N2CCN(CC(C)C)[C@H]3CS(=O)(=O)C[C@H]32)c(OC)c1. The first-order valence-corrected chi connectivity index (χ1v) is 11.1. The van der Waals surface area contributed by atoms with E-state index in [1.807, 2.05) is 0 Å². The molecule has 150 valence electrons. The molecule has 2 aliphatic rings. The summed E-state index contributed by atoms with van der Waals surface area (Å²) in [4.78, 5) is 17.2. The summed E-state index contributed by atoms with van der Waals surface area (Å²) in [6.07, 6.45) is 0. The van der Waals surface area contributed by atoms with E-state index in [1.165, 1.54) is 7.11 Å². The van der Waals surface area contributed by atoms with Crippen molar-refractivity contribution in [2.75, 3.05) is 45.4 Å². The molecule has 1 aromatic rings. The fraction of sp³-hybridized carbons (Fsp3) is 0.632. The van der Waals surface area contributed by atoms with Gasteiger partial charge in [-0.3, -0.25) is 9.69 Å². The lowest BCUT2D eigenvalue weighted by atomic mass is 10.0. The molecule has 0 radical (unpaired) electrons. The first kappa shape index (κ1) is 19.9. The number of amides is 1.